The van der Waals surface area contributed by atoms with E-state index in [1.54, 1.807) is 0 Å². The third-order valence-corrected chi connectivity index (χ3v) is 8.32. The maximum atomic E-state index is 6.10. The SMILES string of the molecule is CCCCCCCCCCCCCCCCCCC(C)(C)[SiH2]Cl. The maximum Gasteiger partial charge on any atom is 0.130 e. The van der Waals surface area contributed by atoms with Gasteiger partial charge in [-0.15, -0.1) is 0 Å². The fraction of sp³-hybridized carbons (Fsp3) is 1.00. The van der Waals surface area contributed by atoms with Crippen molar-refractivity contribution in [2.45, 2.75) is 135 Å². The molecule has 23 heavy (non-hydrogen) atoms. The molecule has 0 radical (unpaired) electrons. The van der Waals surface area contributed by atoms with Crippen LogP contribution in [0.5, 0.6) is 0 Å². The van der Waals surface area contributed by atoms with Crippen molar-refractivity contribution in [1.82, 2.24) is 0 Å². The predicted molar refractivity (Wildman–Crippen MR) is 113 cm³/mol. The Balaban J connectivity index is 3.05. The van der Waals surface area contributed by atoms with Crippen LogP contribution in [0.2, 0.25) is 5.04 Å². The molecule has 0 aliphatic rings. The predicted octanol–water partition coefficient (Wildman–Crippen LogP) is 8.16. The van der Waals surface area contributed by atoms with Crippen molar-refractivity contribution in [3.63, 3.8) is 0 Å². The van der Waals surface area contributed by atoms with E-state index in [1.807, 2.05) is 0 Å². The highest BCUT2D eigenvalue weighted by molar-refractivity contribution is 6.95. The maximum absolute atomic E-state index is 6.10. The Morgan fingerprint density at radius 1 is 0.565 bits per heavy atom. The summed E-state index contributed by atoms with van der Waals surface area (Å²) in [4.78, 5) is 0. The van der Waals surface area contributed by atoms with Gasteiger partial charge in [0, 0.05) is 0 Å². The minimum absolute atomic E-state index is 0.352. The Hall–Kier alpha value is 0.507. The standard InChI is InChI=1S/C21H45ClSi/c1-4-5-6-7-8-9-10-11-12-13-14-15-16-17-18-19-20-21(2,3)23-22/h4-20,23H2,1-3H3. The van der Waals surface area contributed by atoms with E-state index in [0.29, 0.717) is 5.04 Å². The lowest BCUT2D eigenvalue weighted by atomic mass is 10.0. The zero-order valence-electron chi connectivity index (χ0n) is 16.6. The normalized spacial score (nSPS) is 12.5. The van der Waals surface area contributed by atoms with Crippen molar-refractivity contribution >= 4 is 19.9 Å². The molecule has 0 atom stereocenters. The highest BCUT2D eigenvalue weighted by Crippen LogP contribution is 2.31. The summed E-state index contributed by atoms with van der Waals surface area (Å²) in [6, 6.07) is 0. The van der Waals surface area contributed by atoms with E-state index >= 15 is 0 Å². The largest absolute Gasteiger partial charge is 0.176 e. The summed E-state index contributed by atoms with van der Waals surface area (Å²) in [5, 5.41) is 0.484. The van der Waals surface area contributed by atoms with Crippen LogP contribution < -0.4 is 0 Å². The molecule has 2 heteroatoms. The van der Waals surface area contributed by atoms with Gasteiger partial charge in [-0.1, -0.05) is 124 Å². The third-order valence-electron chi connectivity index (χ3n) is 5.07. The van der Waals surface area contributed by atoms with Gasteiger partial charge in [0.25, 0.3) is 0 Å². The zero-order valence-corrected chi connectivity index (χ0v) is 18.8. The molecule has 0 saturated heterocycles. The van der Waals surface area contributed by atoms with Crippen LogP contribution in [0.15, 0.2) is 0 Å². The van der Waals surface area contributed by atoms with E-state index in [1.165, 1.54) is 109 Å². The first-order valence-electron chi connectivity index (χ1n) is 10.7. The second-order valence-electron chi connectivity index (χ2n) is 8.35. The third kappa shape index (κ3) is 18.7. The van der Waals surface area contributed by atoms with E-state index in [9.17, 15) is 0 Å². The molecule has 0 nitrogen and oxygen atoms in total. The topological polar surface area (TPSA) is 0 Å². The first-order valence-corrected chi connectivity index (χ1v) is 13.5. The molecule has 0 aliphatic heterocycles. The van der Waals surface area contributed by atoms with Gasteiger partial charge in [-0.25, -0.2) is 0 Å². The quantitative estimate of drug-likeness (QED) is 0.131. The van der Waals surface area contributed by atoms with Gasteiger partial charge >= 0.3 is 0 Å². The summed E-state index contributed by atoms with van der Waals surface area (Å²) in [6.07, 6.45) is 24.6. The summed E-state index contributed by atoms with van der Waals surface area (Å²) in [7, 11) is -0.352. The second-order valence-corrected chi connectivity index (χ2v) is 11.3. The first kappa shape index (κ1) is 23.5. The van der Waals surface area contributed by atoms with Gasteiger partial charge < -0.3 is 0 Å². The molecule has 0 N–H and O–H groups in total. The van der Waals surface area contributed by atoms with Crippen LogP contribution in [-0.2, 0) is 0 Å². The highest BCUT2D eigenvalue weighted by atomic mass is 35.6. The number of halogens is 1. The fourth-order valence-corrected chi connectivity index (χ4v) is 4.00. The van der Waals surface area contributed by atoms with Crippen LogP contribution in [0.4, 0.5) is 0 Å². The molecule has 0 bridgehead atoms. The van der Waals surface area contributed by atoms with Crippen molar-refractivity contribution in [3.8, 4) is 0 Å². The minimum Gasteiger partial charge on any atom is -0.176 e. The lowest BCUT2D eigenvalue weighted by Gasteiger charge is -2.20. The van der Waals surface area contributed by atoms with Crippen molar-refractivity contribution < 1.29 is 0 Å². The van der Waals surface area contributed by atoms with Gasteiger partial charge in [0.05, 0.1) is 0 Å². The summed E-state index contributed by atoms with van der Waals surface area (Å²) in [6.45, 7) is 6.98. The average molecular weight is 361 g/mol. The molecule has 0 rings (SSSR count). The molecule has 0 amide bonds. The number of hydrogen-bond donors (Lipinski definition) is 0. The van der Waals surface area contributed by atoms with Gasteiger partial charge in [-0.3, -0.25) is 0 Å². The van der Waals surface area contributed by atoms with Gasteiger partial charge in [-0.05, 0) is 11.5 Å². The molecule has 0 fully saturated rings. The number of hydrogen-bond acceptors (Lipinski definition) is 0. The van der Waals surface area contributed by atoms with E-state index in [-0.39, 0.29) is 8.83 Å². The molecular formula is C21H45ClSi. The Morgan fingerprint density at radius 2 is 0.870 bits per heavy atom. The summed E-state index contributed by atoms with van der Waals surface area (Å²) in [5.41, 5.74) is 0. The summed E-state index contributed by atoms with van der Waals surface area (Å²) < 4.78 is 0. The molecule has 0 aromatic carbocycles. The van der Waals surface area contributed by atoms with Gasteiger partial charge in [0.2, 0.25) is 0 Å². The molecule has 0 spiro atoms. The molecule has 140 valence electrons. The van der Waals surface area contributed by atoms with E-state index in [4.69, 9.17) is 11.1 Å². The smallest absolute Gasteiger partial charge is 0.130 e. The van der Waals surface area contributed by atoms with Crippen molar-refractivity contribution in [3.05, 3.63) is 0 Å². The summed E-state index contributed by atoms with van der Waals surface area (Å²) >= 11 is 6.10. The van der Waals surface area contributed by atoms with E-state index in [0.717, 1.165) is 0 Å². The Kier molecular flexibility index (Phi) is 17.7. The molecule has 0 aromatic heterocycles. The van der Waals surface area contributed by atoms with E-state index < -0.39 is 0 Å². The van der Waals surface area contributed by atoms with Crippen molar-refractivity contribution in [1.29, 1.82) is 0 Å². The second kappa shape index (κ2) is 17.3. The number of unbranched alkanes of at least 4 members (excludes halogenated alkanes) is 15. The Bertz CT molecular complexity index is 228. The zero-order chi connectivity index (χ0) is 17.2. The Morgan fingerprint density at radius 3 is 1.17 bits per heavy atom. The van der Waals surface area contributed by atoms with E-state index in [2.05, 4.69) is 20.8 Å². The lowest BCUT2D eigenvalue weighted by molar-refractivity contribution is 0.509. The van der Waals surface area contributed by atoms with Gasteiger partial charge in [0.1, 0.15) is 8.83 Å². The van der Waals surface area contributed by atoms with Gasteiger partial charge in [-0.2, -0.15) is 11.1 Å². The average Bonchev–Trinajstić information content (AvgIpc) is 2.54. The molecule has 0 saturated carbocycles. The molecule has 0 aliphatic carbocycles. The van der Waals surface area contributed by atoms with Crippen LogP contribution >= 0.6 is 11.1 Å². The number of rotatable bonds is 18. The van der Waals surface area contributed by atoms with Crippen molar-refractivity contribution in [2.75, 3.05) is 0 Å². The first-order chi connectivity index (χ1) is 11.1. The van der Waals surface area contributed by atoms with Crippen molar-refractivity contribution in [2.24, 2.45) is 0 Å². The molecule has 0 heterocycles. The fourth-order valence-electron chi connectivity index (χ4n) is 3.22. The van der Waals surface area contributed by atoms with Gasteiger partial charge in [0.15, 0.2) is 0 Å². The van der Waals surface area contributed by atoms with Crippen LogP contribution in [0.1, 0.15) is 130 Å². The van der Waals surface area contributed by atoms with Crippen LogP contribution in [0.3, 0.4) is 0 Å². The summed E-state index contributed by atoms with van der Waals surface area (Å²) in [5.74, 6) is 0. The lowest BCUT2D eigenvalue weighted by Crippen LogP contribution is -2.07. The molecule has 0 aromatic rings. The highest BCUT2D eigenvalue weighted by Gasteiger charge is 2.15. The van der Waals surface area contributed by atoms with Crippen LogP contribution in [0, 0.1) is 0 Å². The molecular weight excluding hydrogens is 316 g/mol. The molecule has 0 unspecified atom stereocenters. The minimum atomic E-state index is -0.352. The monoisotopic (exact) mass is 360 g/mol. The van der Waals surface area contributed by atoms with Crippen LogP contribution in [-0.4, -0.2) is 8.83 Å². The van der Waals surface area contributed by atoms with Crippen LogP contribution in [0.25, 0.3) is 0 Å². The Labute approximate surface area is 155 Å².